The van der Waals surface area contributed by atoms with Crippen molar-refractivity contribution in [3.05, 3.63) is 34.9 Å². The molecule has 0 aromatic carbocycles. The smallest absolute Gasteiger partial charge is 0.199 e. The zero-order chi connectivity index (χ0) is 15.1. The van der Waals surface area contributed by atoms with Gasteiger partial charge in [0.1, 0.15) is 18.3 Å². The van der Waals surface area contributed by atoms with Crippen molar-refractivity contribution in [1.82, 2.24) is 0 Å². The van der Waals surface area contributed by atoms with Crippen LogP contribution in [-0.4, -0.2) is 51.6 Å². The van der Waals surface area contributed by atoms with E-state index >= 15 is 0 Å². The normalized spacial score (nSPS) is 34.2. The van der Waals surface area contributed by atoms with Gasteiger partial charge in [0.15, 0.2) is 11.4 Å². The third-order valence-electron chi connectivity index (χ3n) is 3.71. The molecule has 0 bridgehead atoms. The lowest BCUT2D eigenvalue weighted by atomic mass is 9.77. The number of hydrogen-bond donors (Lipinski definition) is 3. The van der Waals surface area contributed by atoms with Crippen LogP contribution in [0.15, 0.2) is 34.9 Å². The molecule has 0 spiro atoms. The molecule has 5 heteroatoms. The van der Waals surface area contributed by atoms with Crippen molar-refractivity contribution in [3.63, 3.8) is 0 Å². The SMILES string of the molecule is C/C=C/C1=C(CO)C(=O)[C@]2([C@@H](O)C=C(C)C)O[C@@H]2[C@@H]1O. The second kappa shape index (κ2) is 5.26. The summed E-state index contributed by atoms with van der Waals surface area (Å²) in [6.07, 6.45) is 1.89. The molecule has 1 aliphatic heterocycles. The number of Topliss-reactive ketones (excluding diaryl/α,β-unsaturated/α-hetero) is 1. The Balaban J connectivity index is 2.45. The fourth-order valence-electron chi connectivity index (χ4n) is 2.72. The Labute approximate surface area is 117 Å². The third kappa shape index (κ3) is 2.07. The van der Waals surface area contributed by atoms with E-state index < -0.39 is 36.3 Å². The molecule has 0 radical (unpaired) electrons. The lowest BCUT2D eigenvalue weighted by molar-refractivity contribution is -0.124. The summed E-state index contributed by atoms with van der Waals surface area (Å²) in [6.45, 7) is 4.87. The predicted molar refractivity (Wildman–Crippen MR) is 73.0 cm³/mol. The third-order valence-corrected chi connectivity index (χ3v) is 3.71. The molecule has 0 amide bonds. The van der Waals surface area contributed by atoms with Crippen LogP contribution in [0.3, 0.4) is 0 Å². The molecule has 1 heterocycles. The highest BCUT2D eigenvalue weighted by atomic mass is 16.6. The van der Waals surface area contributed by atoms with Crippen LogP contribution in [0, 0.1) is 0 Å². The van der Waals surface area contributed by atoms with Crippen LogP contribution in [0.25, 0.3) is 0 Å². The van der Waals surface area contributed by atoms with Gasteiger partial charge in [-0.1, -0.05) is 23.8 Å². The van der Waals surface area contributed by atoms with Gasteiger partial charge in [-0.2, -0.15) is 0 Å². The topological polar surface area (TPSA) is 90.3 Å². The number of aliphatic hydroxyl groups excluding tert-OH is 3. The number of carbonyl (C=O) groups excluding carboxylic acids is 1. The Hall–Kier alpha value is -1.27. The van der Waals surface area contributed by atoms with E-state index in [1.807, 2.05) is 0 Å². The van der Waals surface area contributed by atoms with E-state index in [1.165, 1.54) is 6.08 Å². The summed E-state index contributed by atoms with van der Waals surface area (Å²) in [5, 5.41) is 29.9. The number of fused-ring (bicyclic) bond motifs is 1. The van der Waals surface area contributed by atoms with Crippen molar-refractivity contribution in [3.8, 4) is 0 Å². The first-order valence-electron chi connectivity index (χ1n) is 6.60. The molecule has 4 atom stereocenters. The summed E-state index contributed by atoms with van der Waals surface area (Å²) < 4.78 is 5.38. The minimum atomic E-state index is -1.44. The summed E-state index contributed by atoms with van der Waals surface area (Å²) in [6, 6.07) is 0. The minimum absolute atomic E-state index is 0.102. The molecule has 20 heavy (non-hydrogen) atoms. The summed E-state index contributed by atoms with van der Waals surface area (Å²) in [5.41, 5.74) is -0.134. The van der Waals surface area contributed by atoms with E-state index in [4.69, 9.17) is 4.74 Å². The molecule has 0 saturated carbocycles. The van der Waals surface area contributed by atoms with Gasteiger partial charge >= 0.3 is 0 Å². The average Bonchev–Trinajstić information content (AvgIpc) is 3.13. The predicted octanol–water partition coefficient (Wildman–Crippen LogP) is 0.260. The number of rotatable bonds is 4. The average molecular weight is 280 g/mol. The molecular formula is C15H20O5. The molecule has 0 aromatic heterocycles. The molecule has 1 aliphatic carbocycles. The summed E-state index contributed by atoms with van der Waals surface area (Å²) in [7, 11) is 0. The largest absolute Gasteiger partial charge is 0.392 e. The molecule has 2 rings (SSSR count). The van der Waals surface area contributed by atoms with Gasteiger partial charge in [0.05, 0.1) is 6.61 Å². The lowest BCUT2D eigenvalue weighted by Gasteiger charge is -2.26. The standard InChI is InChI=1S/C15H20O5/c1-4-5-9-10(7-16)13(19)15(11(17)6-8(2)3)14(20-15)12(9)18/h4-6,11-12,14,16-18H,7H2,1-3H3/b5-4+/t11-,12+,14+,15-/m0/s1. The summed E-state index contributed by atoms with van der Waals surface area (Å²) >= 11 is 0. The zero-order valence-corrected chi connectivity index (χ0v) is 11.8. The van der Waals surface area contributed by atoms with Crippen molar-refractivity contribution in [2.24, 2.45) is 0 Å². The number of epoxide rings is 1. The molecule has 1 saturated heterocycles. The zero-order valence-electron chi connectivity index (χ0n) is 11.8. The van der Waals surface area contributed by atoms with Crippen LogP contribution in [-0.2, 0) is 9.53 Å². The van der Waals surface area contributed by atoms with Gasteiger partial charge in [-0.15, -0.1) is 0 Å². The van der Waals surface area contributed by atoms with Crippen LogP contribution >= 0.6 is 0 Å². The van der Waals surface area contributed by atoms with E-state index in [0.717, 1.165) is 5.57 Å². The first-order valence-corrected chi connectivity index (χ1v) is 6.60. The van der Waals surface area contributed by atoms with Crippen LogP contribution in [0.1, 0.15) is 20.8 Å². The fraction of sp³-hybridized carbons (Fsp3) is 0.533. The Morgan fingerprint density at radius 2 is 2.15 bits per heavy atom. The maximum absolute atomic E-state index is 12.5. The summed E-state index contributed by atoms with van der Waals surface area (Å²) in [5.74, 6) is -0.451. The van der Waals surface area contributed by atoms with Crippen molar-refractivity contribution in [1.29, 1.82) is 0 Å². The van der Waals surface area contributed by atoms with Crippen molar-refractivity contribution < 1.29 is 24.9 Å². The van der Waals surface area contributed by atoms with Gasteiger partial charge in [0.2, 0.25) is 0 Å². The van der Waals surface area contributed by atoms with Crippen LogP contribution in [0.4, 0.5) is 0 Å². The molecule has 0 aromatic rings. The Morgan fingerprint density at radius 1 is 1.50 bits per heavy atom. The Kier molecular flexibility index (Phi) is 3.97. The van der Waals surface area contributed by atoms with Crippen molar-refractivity contribution in [2.45, 2.75) is 44.7 Å². The number of carbonyl (C=O) groups is 1. The van der Waals surface area contributed by atoms with E-state index in [2.05, 4.69) is 0 Å². The highest BCUT2D eigenvalue weighted by Gasteiger charge is 2.71. The molecule has 5 nitrogen and oxygen atoms in total. The number of allylic oxidation sites excluding steroid dienone is 2. The molecular weight excluding hydrogens is 260 g/mol. The minimum Gasteiger partial charge on any atom is -0.392 e. The van der Waals surface area contributed by atoms with E-state index in [1.54, 1.807) is 32.9 Å². The van der Waals surface area contributed by atoms with Crippen LogP contribution < -0.4 is 0 Å². The van der Waals surface area contributed by atoms with Crippen LogP contribution in [0.5, 0.6) is 0 Å². The van der Waals surface area contributed by atoms with E-state index in [0.29, 0.717) is 5.57 Å². The van der Waals surface area contributed by atoms with Gasteiger partial charge in [0.25, 0.3) is 0 Å². The van der Waals surface area contributed by atoms with Gasteiger partial charge in [0, 0.05) is 5.57 Å². The van der Waals surface area contributed by atoms with Gasteiger partial charge in [-0.25, -0.2) is 0 Å². The Bertz CT molecular complexity index is 512. The highest BCUT2D eigenvalue weighted by Crippen LogP contribution is 2.50. The highest BCUT2D eigenvalue weighted by molar-refractivity contribution is 6.07. The van der Waals surface area contributed by atoms with Crippen molar-refractivity contribution >= 4 is 5.78 Å². The second-order valence-electron chi connectivity index (χ2n) is 5.39. The maximum atomic E-state index is 12.5. The first kappa shape index (κ1) is 15.1. The van der Waals surface area contributed by atoms with Gasteiger partial charge < -0.3 is 20.1 Å². The van der Waals surface area contributed by atoms with Gasteiger partial charge in [-0.05, 0) is 26.3 Å². The van der Waals surface area contributed by atoms with E-state index in [9.17, 15) is 20.1 Å². The Morgan fingerprint density at radius 3 is 2.65 bits per heavy atom. The van der Waals surface area contributed by atoms with E-state index in [-0.39, 0.29) is 5.57 Å². The molecule has 0 unspecified atom stereocenters. The maximum Gasteiger partial charge on any atom is 0.199 e. The molecule has 2 aliphatic rings. The number of ketones is 1. The number of aliphatic hydroxyl groups is 3. The lowest BCUT2D eigenvalue weighted by Crippen LogP contribution is -2.47. The van der Waals surface area contributed by atoms with Crippen LogP contribution in [0.2, 0.25) is 0 Å². The second-order valence-corrected chi connectivity index (χ2v) is 5.39. The molecule has 1 fully saturated rings. The van der Waals surface area contributed by atoms with Crippen molar-refractivity contribution in [2.75, 3.05) is 6.61 Å². The monoisotopic (exact) mass is 280 g/mol. The van der Waals surface area contributed by atoms with Gasteiger partial charge in [-0.3, -0.25) is 4.79 Å². The number of ether oxygens (including phenoxy) is 1. The number of hydrogen-bond acceptors (Lipinski definition) is 5. The summed E-state index contributed by atoms with van der Waals surface area (Å²) in [4.78, 5) is 12.5. The fourth-order valence-corrected chi connectivity index (χ4v) is 2.72. The molecule has 110 valence electrons. The quantitative estimate of drug-likeness (QED) is 0.507. The first-order chi connectivity index (χ1) is 9.40. The molecule has 3 N–H and O–H groups in total.